The number of halogens is 3. The number of nitrogens with zero attached hydrogens (tertiary/aromatic N) is 4. The number of hydrogen-bond donors (Lipinski definition) is 0. The Kier molecular flexibility index (Phi) is 44.1. The van der Waals surface area contributed by atoms with Crippen LogP contribution in [-0.4, -0.2) is 38.3 Å². The maximum Gasteiger partial charge on any atom is 3.00 e. The summed E-state index contributed by atoms with van der Waals surface area (Å²) < 4.78 is 16.4. The normalized spacial score (nSPS) is 11.9. The fourth-order valence-corrected chi connectivity index (χ4v) is 16.5. The SMILES string of the molecule is Brc1cc[c-]c(-c2ccccn2)c1.Brc1cc[c-]c(-c2ccccn2)c1.Brc1cc[c-]c(-c2ccccn2)c1.C.CCCCc1ccc(-c2c(C)c(-c3ccc(CCCC)cc3)c(C)c(-c3cc[c-]c(-c4ccccn4)c3)c2C)cc1.CCCCc1ccc(-c2c(C)c(B3OC(C)(C)C(C)(C)O3)c(C)c(-c3ccc(CCCC)cc3)c2C)cc1.S=S=S=S.[Ir+3].[Ir]. The van der Waals surface area contributed by atoms with Crippen LogP contribution < -0.4 is 5.46 Å². The molecular formula is C109H114BBr3Ir2N4O2S4-. The Labute approximate surface area is 815 Å². The predicted octanol–water partition coefficient (Wildman–Crippen LogP) is 30.6. The van der Waals surface area contributed by atoms with Crippen LogP contribution in [0.15, 0.2) is 281 Å². The third-order valence-corrected chi connectivity index (χ3v) is 26.2. The van der Waals surface area contributed by atoms with E-state index in [1.807, 2.05) is 134 Å². The van der Waals surface area contributed by atoms with Gasteiger partial charge in [-0.1, -0.05) is 268 Å². The van der Waals surface area contributed by atoms with E-state index in [-0.39, 0.29) is 58.8 Å². The zero-order chi connectivity index (χ0) is 87.1. The van der Waals surface area contributed by atoms with Gasteiger partial charge >= 0.3 is 27.2 Å². The number of pyridine rings is 4. The van der Waals surface area contributed by atoms with Gasteiger partial charge in [0.1, 0.15) is 0 Å². The molecule has 0 bridgehead atoms. The summed E-state index contributed by atoms with van der Waals surface area (Å²) in [5.41, 5.74) is 34.6. The van der Waals surface area contributed by atoms with Gasteiger partial charge in [-0.05, 0) is 279 Å². The molecule has 1 aliphatic heterocycles. The van der Waals surface area contributed by atoms with Crippen molar-refractivity contribution in [2.75, 3.05) is 0 Å². The molecule has 0 amide bonds. The van der Waals surface area contributed by atoms with Crippen molar-refractivity contribution in [3.8, 4) is 101 Å². The van der Waals surface area contributed by atoms with E-state index in [2.05, 4.69) is 327 Å². The van der Waals surface area contributed by atoms with Gasteiger partial charge in [0.25, 0.3) is 0 Å². The van der Waals surface area contributed by atoms with Gasteiger partial charge in [0.2, 0.25) is 0 Å². The van der Waals surface area contributed by atoms with Gasteiger partial charge in [-0.2, -0.15) is 0 Å². The van der Waals surface area contributed by atoms with Crippen LogP contribution in [0.1, 0.15) is 170 Å². The molecule has 125 heavy (non-hydrogen) atoms. The summed E-state index contributed by atoms with van der Waals surface area (Å²) in [6.07, 6.45) is 21.5. The molecule has 0 unspecified atom stereocenters. The van der Waals surface area contributed by atoms with Gasteiger partial charge in [-0.3, -0.25) is 0 Å². The Morgan fingerprint density at radius 2 is 0.576 bits per heavy atom. The van der Waals surface area contributed by atoms with Gasteiger partial charge in [0.05, 0.1) is 11.2 Å². The third kappa shape index (κ3) is 29.2. The molecule has 16 heteroatoms. The van der Waals surface area contributed by atoms with Crippen molar-refractivity contribution >= 4 is 101 Å². The first-order valence-electron chi connectivity index (χ1n) is 42.3. The summed E-state index contributed by atoms with van der Waals surface area (Å²) in [6.45, 7) is 31.2. The second-order valence-electron chi connectivity index (χ2n) is 31.6. The Hall–Kier alpha value is -7.60. The molecule has 1 saturated heterocycles. The fraction of sp³-hybridized carbons (Fsp3) is 0.266. The minimum Gasteiger partial charge on any atom is -0.399 e. The molecule has 6 nitrogen and oxygen atoms in total. The van der Waals surface area contributed by atoms with Crippen molar-refractivity contribution in [2.45, 2.75) is 193 Å². The van der Waals surface area contributed by atoms with Crippen molar-refractivity contribution in [2.24, 2.45) is 0 Å². The first-order valence-corrected chi connectivity index (χ1v) is 48.7. The van der Waals surface area contributed by atoms with Crippen molar-refractivity contribution < 1.29 is 49.5 Å². The summed E-state index contributed by atoms with van der Waals surface area (Å²) in [6, 6.07) is 97.5. The molecule has 10 aromatic carbocycles. The van der Waals surface area contributed by atoms with Crippen LogP contribution in [-0.2, 0) is 115 Å². The monoisotopic (exact) mass is 2270 g/mol. The third-order valence-electron chi connectivity index (χ3n) is 22.5. The maximum atomic E-state index is 6.64. The van der Waals surface area contributed by atoms with Gasteiger partial charge in [0.15, 0.2) is 0 Å². The molecule has 1 aliphatic rings. The summed E-state index contributed by atoms with van der Waals surface area (Å²) >= 11 is 18.9. The molecular weight excluding hydrogens is 2160 g/mol. The molecule has 0 aliphatic carbocycles. The van der Waals surface area contributed by atoms with Crippen molar-refractivity contribution in [3.05, 3.63) is 361 Å². The Morgan fingerprint density at radius 1 is 0.336 bits per heavy atom. The van der Waals surface area contributed by atoms with E-state index in [1.165, 1.54) is 186 Å². The van der Waals surface area contributed by atoms with Gasteiger partial charge < -0.3 is 29.2 Å². The zero-order valence-corrected chi connectivity index (χ0v) is 86.3. The van der Waals surface area contributed by atoms with Crippen LogP contribution >= 0.6 is 47.8 Å². The smallest absolute Gasteiger partial charge is 0.399 e. The molecule has 5 heterocycles. The Morgan fingerprint density at radius 3 is 0.808 bits per heavy atom. The molecule has 0 spiro atoms. The molecule has 0 saturated carbocycles. The van der Waals surface area contributed by atoms with E-state index >= 15 is 0 Å². The van der Waals surface area contributed by atoms with E-state index in [1.54, 1.807) is 18.6 Å². The quantitative estimate of drug-likeness (QED) is 0.0491. The van der Waals surface area contributed by atoms with Crippen molar-refractivity contribution in [1.82, 2.24) is 19.9 Å². The van der Waals surface area contributed by atoms with Crippen molar-refractivity contribution in [1.29, 1.82) is 0 Å². The van der Waals surface area contributed by atoms with Crippen LogP contribution in [0.2, 0.25) is 0 Å². The molecule has 14 aromatic rings. The molecule has 4 aromatic heterocycles. The number of rotatable bonds is 22. The number of benzene rings is 10. The van der Waals surface area contributed by atoms with Crippen molar-refractivity contribution in [3.63, 3.8) is 0 Å². The summed E-state index contributed by atoms with van der Waals surface area (Å²) in [5.74, 6) is 0. The number of hydrogen-bond acceptors (Lipinski definition) is 8. The Balaban J connectivity index is 0.000000230. The standard InChI is InChI=1S/C40H42N.C35H47BO2.3C11H7BrN.CH4.2Ir.S4/c1-6-8-13-31-18-22-33(23-19-31)38-28(3)39(34-24-20-32(21-25-34)14-9-7-2)30(5)40(29(38)4)36-16-12-15-35(27-36)37-17-10-11-26-41-37;1-10-12-14-27-16-20-29(21-17-27)31-24(3)32(30-22-18-28(19-23-30)15-13-11-2)26(5)33(25(31)4)36-37-34(6,7)35(8,9)38-36;3*12-10-5-3-4-9(8-10)11-6-1-2-7-13-11;;;;1-3-4-2/h10-12,16-27H,6-9,13-14H2,1-5H3;16-23H,10-15H2,1-9H3;3*1-3,5-8H;1H4;;;/q-1;;3*-1;;;+3;. The first kappa shape index (κ1) is 104. The predicted molar refractivity (Wildman–Crippen MR) is 546 cm³/mol. The van der Waals surface area contributed by atoms with Crippen LogP contribution in [0.25, 0.3) is 101 Å². The van der Waals surface area contributed by atoms with E-state index in [9.17, 15) is 0 Å². The molecule has 0 N–H and O–H groups in total. The van der Waals surface area contributed by atoms with Gasteiger partial charge in [0, 0.05) is 85.0 Å². The summed E-state index contributed by atoms with van der Waals surface area (Å²) in [7, 11) is 1.95. The molecule has 15 rings (SSSR count). The first-order chi connectivity index (χ1) is 59.0. The number of aromatic nitrogens is 4. The van der Waals surface area contributed by atoms with E-state index in [0.717, 1.165) is 84.1 Å². The maximum absolute atomic E-state index is 6.64. The van der Waals surface area contributed by atoms with E-state index < -0.39 is 7.12 Å². The number of unbranched alkanes of at least 4 members (excludes halogenated alkanes) is 4. The average molecular weight is 2280 g/mol. The second kappa shape index (κ2) is 52.8. The van der Waals surface area contributed by atoms with Crippen LogP contribution in [0.4, 0.5) is 0 Å². The molecule has 0 atom stereocenters. The minimum atomic E-state index is -0.397. The largest absolute Gasteiger partial charge is 3.00 e. The second-order valence-corrected chi connectivity index (χ2v) is 37.9. The van der Waals surface area contributed by atoms with Gasteiger partial charge in [-0.25, -0.2) is 0 Å². The minimum absolute atomic E-state index is 0. The summed E-state index contributed by atoms with van der Waals surface area (Å²) in [5, 5.41) is 0. The zero-order valence-electron chi connectivity index (χ0n) is 73.5. The number of aryl methyl sites for hydroxylation is 4. The van der Waals surface area contributed by atoms with E-state index in [4.69, 9.17) is 9.31 Å². The van der Waals surface area contributed by atoms with Crippen LogP contribution in [0, 0.1) is 65.8 Å². The molecule has 1 radical (unpaired) electrons. The fourth-order valence-electron chi connectivity index (χ4n) is 15.4. The molecule has 649 valence electrons. The van der Waals surface area contributed by atoms with Crippen LogP contribution in [0.3, 0.4) is 0 Å². The van der Waals surface area contributed by atoms with E-state index in [0.29, 0.717) is 0 Å². The van der Waals surface area contributed by atoms with Gasteiger partial charge in [-0.15, -0.1) is 125 Å². The molecule has 1 fully saturated rings. The average Bonchev–Trinajstić information content (AvgIpc) is 1.70. The topological polar surface area (TPSA) is 70.0 Å². The summed E-state index contributed by atoms with van der Waals surface area (Å²) in [4.78, 5) is 17.3. The Bertz CT molecular complexity index is 5390. The van der Waals surface area contributed by atoms with Crippen LogP contribution in [0.5, 0.6) is 0 Å².